The molecule has 0 aromatic heterocycles. The first kappa shape index (κ1) is 14.2. The van der Waals surface area contributed by atoms with Gasteiger partial charge in [-0.05, 0) is 69.0 Å². The molecule has 0 bridgehead atoms. The van der Waals surface area contributed by atoms with E-state index in [4.69, 9.17) is 5.73 Å². The number of piperidine rings is 1. The predicted octanol–water partition coefficient (Wildman–Crippen LogP) is 2.72. The minimum atomic E-state index is 0.944. The van der Waals surface area contributed by atoms with Gasteiger partial charge in [-0.3, -0.25) is 0 Å². The van der Waals surface area contributed by atoms with Gasteiger partial charge in [-0.25, -0.2) is 0 Å². The Bertz CT molecular complexity index is 409. The molecular formula is C16H27N3. The maximum atomic E-state index is 6.26. The fourth-order valence-electron chi connectivity index (χ4n) is 2.83. The molecule has 0 amide bonds. The van der Waals surface area contributed by atoms with Gasteiger partial charge in [0.2, 0.25) is 0 Å². The van der Waals surface area contributed by atoms with Crippen LogP contribution in [0.5, 0.6) is 0 Å². The second-order valence-electron chi connectivity index (χ2n) is 5.49. The quantitative estimate of drug-likeness (QED) is 0.632. The maximum Gasteiger partial charge on any atom is 0.0602 e. The third kappa shape index (κ3) is 3.63. The van der Waals surface area contributed by atoms with Crippen LogP contribution in [0.4, 0.5) is 11.4 Å². The third-order valence-corrected chi connectivity index (χ3v) is 4.00. The summed E-state index contributed by atoms with van der Waals surface area (Å²) in [7, 11) is 0. The van der Waals surface area contributed by atoms with Crippen LogP contribution >= 0.6 is 0 Å². The highest BCUT2D eigenvalue weighted by atomic mass is 15.1. The van der Waals surface area contributed by atoms with Gasteiger partial charge in [0.25, 0.3) is 0 Å². The number of nitrogens with one attached hydrogen (secondary N) is 1. The lowest BCUT2D eigenvalue weighted by Crippen LogP contribution is -2.30. The average Bonchev–Trinajstić information content (AvgIpc) is 2.43. The standard InChI is InChI=1S/C16H27N3/c1-3-18-8-7-14-12-15(17)16(11-13(14)2)19-9-5-4-6-10-19/h11-12,18H,3-10,17H2,1-2H3. The highest BCUT2D eigenvalue weighted by Crippen LogP contribution is 2.29. The fraction of sp³-hybridized carbons (Fsp3) is 0.625. The molecule has 0 radical (unpaired) electrons. The number of anilines is 2. The van der Waals surface area contributed by atoms with Gasteiger partial charge in [0.1, 0.15) is 0 Å². The van der Waals surface area contributed by atoms with Crippen LogP contribution in [0, 0.1) is 6.92 Å². The molecule has 0 aliphatic carbocycles. The molecule has 19 heavy (non-hydrogen) atoms. The van der Waals surface area contributed by atoms with Crippen LogP contribution in [0.25, 0.3) is 0 Å². The fourth-order valence-corrected chi connectivity index (χ4v) is 2.83. The zero-order valence-electron chi connectivity index (χ0n) is 12.3. The summed E-state index contributed by atoms with van der Waals surface area (Å²) in [5.74, 6) is 0. The van der Waals surface area contributed by atoms with Gasteiger partial charge in [-0.15, -0.1) is 0 Å². The zero-order valence-corrected chi connectivity index (χ0v) is 12.3. The molecule has 0 saturated carbocycles. The van der Waals surface area contributed by atoms with E-state index >= 15 is 0 Å². The van der Waals surface area contributed by atoms with Crippen LogP contribution in [-0.2, 0) is 6.42 Å². The smallest absolute Gasteiger partial charge is 0.0602 e. The van der Waals surface area contributed by atoms with Crippen molar-refractivity contribution in [2.75, 3.05) is 36.8 Å². The summed E-state index contributed by atoms with van der Waals surface area (Å²) in [4.78, 5) is 2.44. The molecule has 3 heteroatoms. The summed E-state index contributed by atoms with van der Waals surface area (Å²) in [6.45, 7) is 8.70. The van der Waals surface area contributed by atoms with Crippen molar-refractivity contribution in [3.63, 3.8) is 0 Å². The van der Waals surface area contributed by atoms with Crippen LogP contribution < -0.4 is 16.0 Å². The average molecular weight is 261 g/mol. The van der Waals surface area contributed by atoms with Gasteiger partial charge in [0, 0.05) is 13.1 Å². The van der Waals surface area contributed by atoms with Crippen molar-refractivity contribution in [3.05, 3.63) is 23.3 Å². The Morgan fingerprint density at radius 3 is 2.63 bits per heavy atom. The summed E-state index contributed by atoms with van der Waals surface area (Å²) in [6.07, 6.45) is 5.00. The maximum absolute atomic E-state index is 6.26. The lowest BCUT2D eigenvalue weighted by Gasteiger charge is -2.30. The second kappa shape index (κ2) is 6.80. The van der Waals surface area contributed by atoms with Gasteiger partial charge < -0.3 is 16.0 Å². The molecule has 0 atom stereocenters. The van der Waals surface area contributed by atoms with E-state index in [2.05, 4.69) is 36.2 Å². The number of benzene rings is 1. The number of nitrogens with zero attached hydrogens (tertiary/aromatic N) is 1. The van der Waals surface area contributed by atoms with Crippen molar-refractivity contribution in [2.24, 2.45) is 0 Å². The van der Waals surface area contributed by atoms with Crippen LogP contribution in [0.15, 0.2) is 12.1 Å². The van der Waals surface area contributed by atoms with Crippen molar-refractivity contribution in [1.29, 1.82) is 0 Å². The van der Waals surface area contributed by atoms with Crippen LogP contribution in [0.1, 0.15) is 37.3 Å². The Morgan fingerprint density at radius 2 is 1.95 bits per heavy atom. The topological polar surface area (TPSA) is 41.3 Å². The van der Waals surface area contributed by atoms with E-state index in [1.807, 2.05) is 0 Å². The molecule has 0 spiro atoms. The van der Waals surface area contributed by atoms with Crippen molar-refractivity contribution >= 4 is 11.4 Å². The molecule has 1 aromatic carbocycles. The molecule has 1 aliphatic rings. The lowest BCUT2D eigenvalue weighted by molar-refractivity contribution is 0.578. The SMILES string of the molecule is CCNCCc1cc(N)c(N2CCCCC2)cc1C. The molecule has 3 nitrogen and oxygen atoms in total. The Morgan fingerprint density at radius 1 is 1.21 bits per heavy atom. The van der Waals surface area contributed by atoms with Crippen LogP contribution in [0.3, 0.4) is 0 Å². The number of hydrogen-bond donors (Lipinski definition) is 2. The monoisotopic (exact) mass is 261 g/mol. The number of nitrogens with two attached hydrogens (primary N) is 1. The zero-order chi connectivity index (χ0) is 13.7. The van der Waals surface area contributed by atoms with Gasteiger partial charge in [0.15, 0.2) is 0 Å². The number of nitrogen functional groups attached to an aromatic ring is 1. The minimum Gasteiger partial charge on any atom is -0.397 e. The van der Waals surface area contributed by atoms with E-state index in [1.54, 1.807) is 0 Å². The molecule has 1 fully saturated rings. The van der Waals surface area contributed by atoms with Crippen LogP contribution in [0.2, 0.25) is 0 Å². The molecule has 2 rings (SSSR count). The second-order valence-corrected chi connectivity index (χ2v) is 5.49. The largest absolute Gasteiger partial charge is 0.397 e. The van der Waals surface area contributed by atoms with Crippen molar-refractivity contribution in [2.45, 2.75) is 39.5 Å². The molecule has 0 unspecified atom stereocenters. The Labute approximate surface area is 117 Å². The first-order valence-corrected chi connectivity index (χ1v) is 7.57. The summed E-state index contributed by atoms with van der Waals surface area (Å²) in [5, 5.41) is 3.37. The van der Waals surface area contributed by atoms with Crippen molar-refractivity contribution < 1.29 is 0 Å². The molecule has 106 valence electrons. The molecule has 1 heterocycles. The Hall–Kier alpha value is -1.22. The van der Waals surface area contributed by atoms with E-state index in [1.165, 1.54) is 36.1 Å². The number of likely N-dealkylation sites (N-methyl/N-ethyl adjacent to an activating group) is 1. The highest BCUT2D eigenvalue weighted by Gasteiger charge is 2.14. The predicted molar refractivity (Wildman–Crippen MR) is 83.9 cm³/mol. The number of rotatable bonds is 5. The molecule has 1 saturated heterocycles. The first-order chi connectivity index (χ1) is 9.22. The normalized spacial score (nSPS) is 15.8. The number of hydrogen-bond acceptors (Lipinski definition) is 3. The molecule has 1 aliphatic heterocycles. The van der Waals surface area contributed by atoms with Crippen molar-refractivity contribution in [3.8, 4) is 0 Å². The lowest BCUT2D eigenvalue weighted by atomic mass is 10.0. The molecule has 1 aromatic rings. The summed E-state index contributed by atoms with van der Waals surface area (Å²) < 4.78 is 0. The molecular weight excluding hydrogens is 234 g/mol. The van der Waals surface area contributed by atoms with E-state index in [9.17, 15) is 0 Å². The summed E-state index contributed by atoms with van der Waals surface area (Å²) >= 11 is 0. The van der Waals surface area contributed by atoms with E-state index < -0.39 is 0 Å². The molecule has 3 N–H and O–H groups in total. The third-order valence-electron chi connectivity index (χ3n) is 4.00. The van der Waals surface area contributed by atoms with Gasteiger partial charge in [-0.1, -0.05) is 6.92 Å². The first-order valence-electron chi connectivity index (χ1n) is 7.57. The van der Waals surface area contributed by atoms with Gasteiger partial charge >= 0.3 is 0 Å². The number of aryl methyl sites for hydroxylation is 1. The van der Waals surface area contributed by atoms with E-state index in [0.717, 1.165) is 38.3 Å². The Balaban J connectivity index is 2.11. The highest BCUT2D eigenvalue weighted by molar-refractivity contribution is 5.70. The summed E-state index contributed by atoms with van der Waals surface area (Å²) in [6, 6.07) is 4.46. The summed E-state index contributed by atoms with van der Waals surface area (Å²) in [5.41, 5.74) is 11.2. The van der Waals surface area contributed by atoms with Gasteiger partial charge in [-0.2, -0.15) is 0 Å². The van der Waals surface area contributed by atoms with Crippen LogP contribution in [-0.4, -0.2) is 26.2 Å². The Kier molecular flexibility index (Phi) is 5.08. The van der Waals surface area contributed by atoms with E-state index in [0.29, 0.717) is 0 Å². The van der Waals surface area contributed by atoms with E-state index in [-0.39, 0.29) is 0 Å². The van der Waals surface area contributed by atoms with Gasteiger partial charge in [0.05, 0.1) is 11.4 Å². The minimum absolute atomic E-state index is 0.944. The van der Waals surface area contributed by atoms with Crippen molar-refractivity contribution in [1.82, 2.24) is 5.32 Å².